The summed E-state index contributed by atoms with van der Waals surface area (Å²) < 4.78 is 0.800. The molecule has 2 rings (SSSR count). The second kappa shape index (κ2) is 9.19. The minimum Gasteiger partial charge on any atom is -0.325 e. The number of non-ortho nitro benzene ring substituents is 1. The van der Waals surface area contributed by atoms with Crippen molar-refractivity contribution in [1.29, 1.82) is 0 Å². The maximum absolute atomic E-state index is 12.3. The van der Waals surface area contributed by atoms with Gasteiger partial charge in [-0.15, -0.1) is 0 Å². The average Bonchev–Trinajstić information content (AvgIpc) is 2.63. The van der Waals surface area contributed by atoms with E-state index in [0.29, 0.717) is 11.5 Å². The quantitative estimate of drug-likeness (QED) is 0.509. The number of pyridine rings is 1. The van der Waals surface area contributed by atoms with Gasteiger partial charge in [0.15, 0.2) is 0 Å². The number of carbonyl (C=O) groups excluding carboxylic acids is 2. The van der Waals surface area contributed by atoms with Gasteiger partial charge in [0.05, 0.1) is 17.5 Å². The minimum atomic E-state index is -0.594. The number of nitro groups is 1. The zero-order valence-electron chi connectivity index (χ0n) is 14.7. The van der Waals surface area contributed by atoms with Crippen LogP contribution < -0.4 is 10.6 Å². The Morgan fingerprint density at radius 2 is 1.89 bits per heavy atom. The van der Waals surface area contributed by atoms with Crippen molar-refractivity contribution in [3.8, 4) is 0 Å². The molecule has 27 heavy (non-hydrogen) atoms. The molecule has 0 fully saturated rings. The summed E-state index contributed by atoms with van der Waals surface area (Å²) in [6.07, 6.45) is 1.57. The summed E-state index contributed by atoms with van der Waals surface area (Å²) in [6, 6.07) is 8.34. The van der Waals surface area contributed by atoms with Crippen molar-refractivity contribution in [2.75, 3.05) is 24.2 Å². The first-order valence-electron chi connectivity index (χ1n) is 7.93. The number of anilines is 2. The third kappa shape index (κ3) is 6.12. The maximum atomic E-state index is 12.3. The lowest BCUT2D eigenvalue weighted by Crippen LogP contribution is -2.43. The van der Waals surface area contributed by atoms with E-state index in [1.54, 1.807) is 37.2 Å². The van der Waals surface area contributed by atoms with Gasteiger partial charge in [-0.3, -0.25) is 24.6 Å². The van der Waals surface area contributed by atoms with Crippen LogP contribution in [0, 0.1) is 10.1 Å². The molecule has 10 heteroatoms. The van der Waals surface area contributed by atoms with Crippen LogP contribution in [0.5, 0.6) is 0 Å². The van der Waals surface area contributed by atoms with Gasteiger partial charge in [0.2, 0.25) is 11.8 Å². The molecular formula is C17H18BrN5O4. The Morgan fingerprint density at radius 3 is 2.44 bits per heavy atom. The van der Waals surface area contributed by atoms with Crippen LogP contribution in [0.1, 0.15) is 6.92 Å². The fraction of sp³-hybridized carbons (Fsp3) is 0.235. The predicted molar refractivity (Wildman–Crippen MR) is 104 cm³/mol. The van der Waals surface area contributed by atoms with Gasteiger partial charge >= 0.3 is 0 Å². The van der Waals surface area contributed by atoms with Gasteiger partial charge in [-0.05, 0) is 54.2 Å². The molecule has 0 aliphatic heterocycles. The fourth-order valence-electron chi connectivity index (χ4n) is 2.11. The van der Waals surface area contributed by atoms with Gasteiger partial charge in [-0.25, -0.2) is 4.98 Å². The monoisotopic (exact) mass is 435 g/mol. The van der Waals surface area contributed by atoms with E-state index in [9.17, 15) is 19.7 Å². The highest BCUT2D eigenvalue weighted by atomic mass is 79.9. The fourth-order valence-corrected chi connectivity index (χ4v) is 2.34. The highest BCUT2D eigenvalue weighted by molar-refractivity contribution is 9.10. The first kappa shape index (κ1) is 20.5. The van der Waals surface area contributed by atoms with E-state index in [0.717, 1.165) is 4.47 Å². The van der Waals surface area contributed by atoms with E-state index < -0.39 is 11.0 Å². The predicted octanol–water partition coefficient (Wildman–Crippen LogP) is 2.65. The third-order valence-corrected chi connectivity index (χ3v) is 4.24. The van der Waals surface area contributed by atoms with Crippen molar-refractivity contribution < 1.29 is 14.5 Å². The molecule has 1 atom stereocenters. The van der Waals surface area contributed by atoms with E-state index in [1.165, 1.54) is 24.3 Å². The number of likely N-dealkylation sites (N-methyl/N-ethyl adjacent to an activating group) is 1. The van der Waals surface area contributed by atoms with Crippen LogP contribution in [-0.4, -0.2) is 46.3 Å². The van der Waals surface area contributed by atoms with Crippen LogP contribution in [0.3, 0.4) is 0 Å². The van der Waals surface area contributed by atoms with E-state index >= 15 is 0 Å². The van der Waals surface area contributed by atoms with Crippen molar-refractivity contribution in [2.45, 2.75) is 13.0 Å². The van der Waals surface area contributed by atoms with Crippen molar-refractivity contribution in [2.24, 2.45) is 0 Å². The molecule has 0 spiro atoms. The Hall–Kier alpha value is -2.85. The molecule has 0 aliphatic rings. The van der Waals surface area contributed by atoms with E-state index in [-0.39, 0.29) is 24.0 Å². The number of hydrogen-bond donors (Lipinski definition) is 2. The van der Waals surface area contributed by atoms with Gasteiger partial charge in [0.1, 0.15) is 5.82 Å². The zero-order valence-corrected chi connectivity index (χ0v) is 16.3. The smallest absolute Gasteiger partial charge is 0.269 e. The van der Waals surface area contributed by atoms with Crippen LogP contribution in [0.4, 0.5) is 17.2 Å². The second-order valence-corrected chi connectivity index (χ2v) is 6.71. The summed E-state index contributed by atoms with van der Waals surface area (Å²) in [6.45, 7) is 1.65. The summed E-state index contributed by atoms with van der Waals surface area (Å²) in [4.78, 5) is 40.2. The van der Waals surface area contributed by atoms with Gasteiger partial charge in [-0.1, -0.05) is 0 Å². The molecule has 0 radical (unpaired) electrons. The number of amides is 2. The number of nitro benzene ring substituents is 1. The van der Waals surface area contributed by atoms with E-state index in [1.807, 2.05) is 0 Å². The molecule has 2 amide bonds. The SMILES string of the molecule is CC(C(=O)Nc1ccc([N+](=O)[O-])cc1)N(C)CC(=O)Nc1ccc(Br)cn1. The Kier molecular flexibility index (Phi) is 6.97. The lowest BCUT2D eigenvalue weighted by atomic mass is 10.2. The molecular weight excluding hydrogens is 418 g/mol. The Bertz CT molecular complexity index is 826. The number of benzene rings is 1. The van der Waals surface area contributed by atoms with Crippen molar-refractivity contribution in [3.05, 3.63) is 57.2 Å². The molecule has 2 aromatic rings. The maximum Gasteiger partial charge on any atom is 0.269 e. The molecule has 2 N–H and O–H groups in total. The number of nitrogens with zero attached hydrogens (tertiary/aromatic N) is 3. The molecule has 1 aromatic carbocycles. The van der Waals surface area contributed by atoms with Crippen molar-refractivity contribution >= 4 is 44.9 Å². The largest absolute Gasteiger partial charge is 0.325 e. The van der Waals surface area contributed by atoms with Gasteiger partial charge in [-0.2, -0.15) is 0 Å². The topological polar surface area (TPSA) is 117 Å². The van der Waals surface area contributed by atoms with Gasteiger partial charge in [0, 0.05) is 28.5 Å². The summed E-state index contributed by atoms with van der Waals surface area (Å²) in [5.74, 6) is -0.220. The number of carbonyl (C=O) groups is 2. The summed E-state index contributed by atoms with van der Waals surface area (Å²) in [5.41, 5.74) is 0.380. The van der Waals surface area contributed by atoms with Crippen molar-refractivity contribution in [1.82, 2.24) is 9.88 Å². The number of aromatic nitrogens is 1. The molecule has 0 saturated heterocycles. The van der Waals surface area contributed by atoms with Crippen LogP contribution in [0.2, 0.25) is 0 Å². The lowest BCUT2D eigenvalue weighted by Gasteiger charge is -2.23. The number of rotatable bonds is 7. The lowest BCUT2D eigenvalue weighted by molar-refractivity contribution is -0.384. The first-order chi connectivity index (χ1) is 12.8. The minimum absolute atomic E-state index is 0.00735. The number of hydrogen-bond acceptors (Lipinski definition) is 6. The highest BCUT2D eigenvalue weighted by Crippen LogP contribution is 2.16. The van der Waals surface area contributed by atoms with Crippen molar-refractivity contribution in [3.63, 3.8) is 0 Å². The van der Waals surface area contributed by atoms with E-state index in [2.05, 4.69) is 31.5 Å². The second-order valence-electron chi connectivity index (χ2n) is 5.79. The summed E-state index contributed by atoms with van der Waals surface area (Å²) >= 11 is 3.26. The Morgan fingerprint density at radius 1 is 1.22 bits per heavy atom. The summed E-state index contributed by atoms with van der Waals surface area (Å²) in [7, 11) is 1.65. The zero-order chi connectivity index (χ0) is 20.0. The molecule has 142 valence electrons. The standard InChI is InChI=1S/C17H18BrN5O4/c1-11(17(25)20-13-4-6-14(7-5-13)23(26)27)22(2)10-16(24)21-15-8-3-12(18)9-19-15/h3-9,11H,10H2,1-2H3,(H,20,25)(H,19,21,24). The third-order valence-electron chi connectivity index (χ3n) is 3.77. The Balaban J connectivity index is 1.88. The molecule has 0 bridgehead atoms. The van der Waals surface area contributed by atoms with Crippen LogP contribution >= 0.6 is 15.9 Å². The molecule has 1 unspecified atom stereocenters. The summed E-state index contributed by atoms with van der Waals surface area (Å²) in [5, 5.41) is 16.0. The highest BCUT2D eigenvalue weighted by Gasteiger charge is 2.20. The molecule has 9 nitrogen and oxygen atoms in total. The van der Waals surface area contributed by atoms with Crippen LogP contribution in [0.25, 0.3) is 0 Å². The first-order valence-corrected chi connectivity index (χ1v) is 8.72. The van der Waals surface area contributed by atoms with E-state index in [4.69, 9.17) is 0 Å². The van der Waals surface area contributed by atoms with Gasteiger partial charge < -0.3 is 10.6 Å². The van der Waals surface area contributed by atoms with Crippen LogP contribution in [0.15, 0.2) is 47.1 Å². The average molecular weight is 436 g/mol. The number of halogens is 1. The van der Waals surface area contributed by atoms with Gasteiger partial charge in [0.25, 0.3) is 5.69 Å². The molecule has 0 saturated carbocycles. The molecule has 1 aromatic heterocycles. The normalized spacial score (nSPS) is 11.7. The molecule has 1 heterocycles. The van der Waals surface area contributed by atoms with Crippen LogP contribution in [-0.2, 0) is 9.59 Å². The Labute approximate surface area is 164 Å². The molecule has 0 aliphatic carbocycles. The number of nitrogens with one attached hydrogen (secondary N) is 2.